The van der Waals surface area contributed by atoms with Gasteiger partial charge in [-0.1, -0.05) is 44.8 Å². The molecule has 0 spiro atoms. The summed E-state index contributed by atoms with van der Waals surface area (Å²) in [6.45, 7) is 11.7. The Balaban J connectivity index is 1.34. The second-order valence-electron chi connectivity index (χ2n) is 15.4. The average molecular weight is 696 g/mol. The molecule has 1 saturated heterocycles. The van der Waals surface area contributed by atoms with Crippen molar-refractivity contribution in [3.8, 4) is 0 Å². The number of nitrogens with zero attached hydrogens (tertiary/aromatic N) is 5. The van der Waals surface area contributed by atoms with E-state index in [1.165, 1.54) is 12.1 Å². The van der Waals surface area contributed by atoms with Gasteiger partial charge in [0.1, 0.15) is 17.6 Å². The number of urea groups is 1. The number of halogens is 1. The van der Waals surface area contributed by atoms with E-state index in [1.54, 1.807) is 22.9 Å². The third-order valence-corrected chi connectivity index (χ3v) is 11.4. The molecule has 3 aliphatic rings. The summed E-state index contributed by atoms with van der Waals surface area (Å²) in [4.78, 5) is 60.1. The third-order valence-electron chi connectivity index (χ3n) is 11.4. The van der Waals surface area contributed by atoms with Crippen LogP contribution in [0.1, 0.15) is 107 Å². The first-order chi connectivity index (χ1) is 23.7. The van der Waals surface area contributed by atoms with Crippen molar-refractivity contribution in [1.82, 2.24) is 30.3 Å². The molecule has 5 rings (SSSR count). The molecule has 13 heteroatoms. The lowest BCUT2D eigenvalue weighted by Crippen LogP contribution is -2.62. The maximum absolute atomic E-state index is 15.9. The summed E-state index contributed by atoms with van der Waals surface area (Å²) in [6, 6.07) is 3.40. The predicted molar refractivity (Wildman–Crippen MR) is 187 cm³/mol. The van der Waals surface area contributed by atoms with Crippen molar-refractivity contribution in [1.29, 1.82) is 0 Å². The third kappa shape index (κ3) is 8.52. The number of anilines is 1. The van der Waals surface area contributed by atoms with E-state index in [1.807, 2.05) is 20.9 Å². The van der Waals surface area contributed by atoms with Crippen LogP contribution in [0.25, 0.3) is 0 Å². The molecule has 2 heterocycles. The molecule has 0 unspecified atom stereocenters. The number of hydrogen-bond donors (Lipinski definition) is 2. The van der Waals surface area contributed by atoms with E-state index in [4.69, 9.17) is 4.63 Å². The molecule has 50 heavy (non-hydrogen) atoms. The fourth-order valence-corrected chi connectivity index (χ4v) is 7.33. The number of aromatic nitrogens is 2. The highest BCUT2D eigenvalue weighted by Crippen LogP contribution is 2.36. The molecule has 2 aromatic rings. The van der Waals surface area contributed by atoms with Gasteiger partial charge in [-0.2, -0.15) is 0 Å². The standard InChI is InChI=1S/C37H54FN7O5/c1-8-29-33(42-50-41-29)31(46)20-27(24-11-9-22(2)10-12-24)34(47)39-30-16-13-25(19-28(30)38)23(3)32(40-36(49)44(7)26-14-15-26)35(48)45-18-17-43(6)37(4,5)21-45/h13,16,19,22-24,26-27,32H,8-12,14-15,17-18,20-21H2,1-7H3,(H,39,47)(H,40,49)/t22-,23-,24-,27-,32+/m0/s1. The number of hydrogen-bond acceptors (Lipinski definition) is 8. The summed E-state index contributed by atoms with van der Waals surface area (Å²) in [5, 5.41) is 13.4. The lowest BCUT2D eigenvalue weighted by Gasteiger charge is -2.46. The fraction of sp³-hybridized carbons (Fsp3) is 0.676. The minimum Gasteiger partial charge on any atom is -0.338 e. The highest BCUT2D eigenvalue weighted by molar-refractivity contribution is 6.00. The van der Waals surface area contributed by atoms with Crippen molar-refractivity contribution in [3.05, 3.63) is 41.0 Å². The highest BCUT2D eigenvalue weighted by Gasteiger charge is 2.40. The number of amides is 4. The molecule has 1 aromatic heterocycles. The van der Waals surface area contributed by atoms with Gasteiger partial charge in [-0.05, 0) is 87.7 Å². The molecule has 4 amide bonds. The molecule has 1 aliphatic heterocycles. The molecular weight excluding hydrogens is 641 g/mol. The molecule has 0 bridgehead atoms. The lowest BCUT2D eigenvalue weighted by atomic mass is 9.74. The van der Waals surface area contributed by atoms with Crippen molar-refractivity contribution in [3.63, 3.8) is 0 Å². The van der Waals surface area contributed by atoms with E-state index in [9.17, 15) is 19.2 Å². The maximum atomic E-state index is 15.9. The summed E-state index contributed by atoms with van der Waals surface area (Å²) >= 11 is 0. The number of rotatable bonds is 12. The van der Waals surface area contributed by atoms with Crippen LogP contribution in [0.4, 0.5) is 14.9 Å². The van der Waals surface area contributed by atoms with E-state index in [0.717, 1.165) is 38.5 Å². The second-order valence-corrected chi connectivity index (χ2v) is 15.4. The van der Waals surface area contributed by atoms with Crippen molar-refractivity contribution < 1.29 is 28.2 Å². The molecule has 1 aromatic carbocycles. The number of aryl methyl sites for hydroxylation is 1. The van der Waals surface area contributed by atoms with Gasteiger partial charge in [0, 0.05) is 56.5 Å². The maximum Gasteiger partial charge on any atom is 0.318 e. The fourth-order valence-electron chi connectivity index (χ4n) is 7.33. The molecule has 274 valence electrons. The number of carbonyl (C=O) groups excluding carboxylic acids is 4. The summed E-state index contributed by atoms with van der Waals surface area (Å²) in [5.74, 6) is -2.35. The minimum absolute atomic E-state index is 0.00822. The van der Waals surface area contributed by atoms with E-state index in [2.05, 4.69) is 46.6 Å². The number of ketones is 1. The molecular formula is C37H54FN7O5. The van der Waals surface area contributed by atoms with Gasteiger partial charge in [-0.25, -0.2) is 13.8 Å². The van der Waals surface area contributed by atoms with Crippen LogP contribution in [0, 0.1) is 23.6 Å². The monoisotopic (exact) mass is 695 g/mol. The minimum atomic E-state index is -0.925. The second kappa shape index (κ2) is 15.6. The van der Waals surface area contributed by atoms with Gasteiger partial charge in [-0.3, -0.25) is 19.3 Å². The number of carbonyl (C=O) groups is 4. The van der Waals surface area contributed by atoms with Gasteiger partial charge in [-0.15, -0.1) is 0 Å². The van der Waals surface area contributed by atoms with Gasteiger partial charge in [0.25, 0.3) is 0 Å². The van der Waals surface area contributed by atoms with Crippen molar-refractivity contribution >= 4 is 29.3 Å². The zero-order valence-corrected chi connectivity index (χ0v) is 30.6. The van der Waals surface area contributed by atoms with Crippen LogP contribution in [0.5, 0.6) is 0 Å². The molecule has 2 N–H and O–H groups in total. The summed E-state index contributed by atoms with van der Waals surface area (Å²) in [5.41, 5.74) is 0.848. The number of likely N-dealkylation sites (N-methyl/N-ethyl adjacent to an activating group) is 1. The molecule has 3 fully saturated rings. The van der Waals surface area contributed by atoms with Crippen LogP contribution in [-0.4, -0.2) is 100.0 Å². The molecule has 0 radical (unpaired) electrons. The number of benzene rings is 1. The summed E-state index contributed by atoms with van der Waals surface area (Å²) < 4.78 is 20.7. The topological polar surface area (TPSA) is 141 Å². The predicted octanol–water partition coefficient (Wildman–Crippen LogP) is 5.25. The number of nitrogens with one attached hydrogen (secondary N) is 2. The van der Waals surface area contributed by atoms with Crippen molar-refractivity contribution in [2.75, 3.05) is 39.0 Å². The van der Waals surface area contributed by atoms with Crippen LogP contribution < -0.4 is 10.6 Å². The molecule has 12 nitrogen and oxygen atoms in total. The summed E-state index contributed by atoms with van der Waals surface area (Å²) in [6.07, 6.45) is 5.74. The van der Waals surface area contributed by atoms with Crippen molar-refractivity contribution in [2.24, 2.45) is 17.8 Å². The Bertz CT molecular complexity index is 1550. The van der Waals surface area contributed by atoms with Crippen LogP contribution in [0.2, 0.25) is 0 Å². The van der Waals surface area contributed by atoms with E-state index >= 15 is 4.39 Å². The van der Waals surface area contributed by atoms with E-state index < -0.39 is 29.6 Å². The number of piperazine rings is 1. The van der Waals surface area contributed by atoms with E-state index in [-0.39, 0.29) is 53.0 Å². The Morgan fingerprint density at radius 3 is 2.40 bits per heavy atom. The Morgan fingerprint density at radius 1 is 1.08 bits per heavy atom. The van der Waals surface area contributed by atoms with Crippen LogP contribution in [0.15, 0.2) is 22.8 Å². The van der Waals surface area contributed by atoms with Crippen LogP contribution in [0.3, 0.4) is 0 Å². The van der Waals surface area contributed by atoms with Crippen LogP contribution >= 0.6 is 0 Å². The summed E-state index contributed by atoms with van der Waals surface area (Å²) in [7, 11) is 3.76. The first-order valence-electron chi connectivity index (χ1n) is 18.2. The van der Waals surface area contributed by atoms with Crippen LogP contribution in [-0.2, 0) is 16.0 Å². The Morgan fingerprint density at radius 2 is 1.78 bits per heavy atom. The Labute approximate surface area is 294 Å². The van der Waals surface area contributed by atoms with Gasteiger partial charge >= 0.3 is 6.03 Å². The van der Waals surface area contributed by atoms with Gasteiger partial charge in [0.2, 0.25) is 11.8 Å². The Kier molecular flexibility index (Phi) is 11.6. The number of Topliss-reactive ketones (excluding diaryl/α,β-unsaturated/α-hetero) is 1. The van der Waals surface area contributed by atoms with Gasteiger partial charge < -0.3 is 20.4 Å². The van der Waals surface area contributed by atoms with Gasteiger partial charge in [0.05, 0.1) is 5.69 Å². The molecule has 2 saturated carbocycles. The molecule has 2 aliphatic carbocycles. The normalized spacial score (nSPS) is 22.7. The largest absolute Gasteiger partial charge is 0.338 e. The SMILES string of the molecule is CCc1nonc1C(=O)C[C@H](C(=O)Nc1ccc([C@H](C)[C@@H](NC(=O)N(C)C2CC2)C(=O)N2CCN(C)C(C)(C)C2)cc1F)[C@H]1CC[C@H](C)CC1. The highest BCUT2D eigenvalue weighted by atomic mass is 19.1. The van der Waals surface area contributed by atoms with E-state index in [0.29, 0.717) is 43.2 Å². The zero-order chi connectivity index (χ0) is 36.3. The Hall–Kier alpha value is -3.87. The van der Waals surface area contributed by atoms with Gasteiger partial charge in [0.15, 0.2) is 11.5 Å². The zero-order valence-electron chi connectivity index (χ0n) is 30.6. The van der Waals surface area contributed by atoms with Crippen molar-refractivity contribution in [2.45, 2.75) is 110 Å². The molecule has 3 atom stereocenters. The first kappa shape index (κ1) is 37.4. The quantitative estimate of drug-likeness (QED) is 0.287. The smallest absolute Gasteiger partial charge is 0.318 e. The average Bonchev–Trinajstić information content (AvgIpc) is 3.83. The first-order valence-corrected chi connectivity index (χ1v) is 18.2. The lowest BCUT2D eigenvalue weighted by molar-refractivity contribution is -0.138.